The van der Waals surface area contributed by atoms with Gasteiger partial charge in [0, 0.05) is 18.1 Å². The third-order valence-electron chi connectivity index (χ3n) is 3.19. The van der Waals surface area contributed by atoms with Crippen LogP contribution in [0.5, 0.6) is 0 Å². The van der Waals surface area contributed by atoms with Gasteiger partial charge in [-0.05, 0) is 24.3 Å². The third kappa shape index (κ3) is 3.31. The van der Waals surface area contributed by atoms with Crippen molar-refractivity contribution in [1.82, 2.24) is 14.4 Å². The minimum Gasteiger partial charge on any atom is -0.324 e. The lowest BCUT2D eigenvalue weighted by atomic mass is 10.2. The molecule has 0 fully saturated rings. The average molecular weight is 320 g/mol. The molecule has 0 aromatic carbocycles. The van der Waals surface area contributed by atoms with Crippen molar-refractivity contribution in [2.24, 2.45) is 0 Å². The summed E-state index contributed by atoms with van der Waals surface area (Å²) in [5.41, 5.74) is 0.642. The summed E-state index contributed by atoms with van der Waals surface area (Å²) < 4.78 is 39.1. The first-order chi connectivity index (χ1) is 10.9. The lowest BCUT2D eigenvalue weighted by Gasteiger charge is -2.09. The highest BCUT2D eigenvalue weighted by molar-refractivity contribution is 5.91. The summed E-state index contributed by atoms with van der Waals surface area (Å²) >= 11 is 0. The summed E-state index contributed by atoms with van der Waals surface area (Å²) in [6, 6.07) is 7.36. The van der Waals surface area contributed by atoms with E-state index in [1.54, 1.807) is 35.0 Å². The Morgan fingerprint density at radius 1 is 1.17 bits per heavy atom. The number of alkyl halides is 3. The minimum absolute atomic E-state index is 0.0642. The summed E-state index contributed by atoms with van der Waals surface area (Å²) in [4.78, 5) is 19.4. The number of nitrogens with one attached hydrogen (secondary N) is 1. The average Bonchev–Trinajstić information content (AvgIpc) is 2.96. The summed E-state index contributed by atoms with van der Waals surface area (Å²) in [6.07, 6.45) is -0.0962. The molecule has 0 spiro atoms. The third-order valence-corrected chi connectivity index (χ3v) is 3.19. The van der Waals surface area contributed by atoms with Crippen LogP contribution in [0.4, 0.5) is 18.9 Å². The number of amides is 1. The van der Waals surface area contributed by atoms with Crippen LogP contribution in [0.3, 0.4) is 0 Å². The van der Waals surface area contributed by atoms with Crippen LogP contribution >= 0.6 is 0 Å². The molecule has 3 rings (SSSR count). The van der Waals surface area contributed by atoms with Gasteiger partial charge in [0.15, 0.2) is 0 Å². The van der Waals surface area contributed by atoms with E-state index in [0.717, 1.165) is 18.0 Å². The maximum absolute atomic E-state index is 12.4. The van der Waals surface area contributed by atoms with Crippen molar-refractivity contribution in [2.45, 2.75) is 12.6 Å². The van der Waals surface area contributed by atoms with E-state index in [4.69, 9.17) is 0 Å². The quantitative estimate of drug-likeness (QED) is 0.807. The van der Waals surface area contributed by atoms with Gasteiger partial charge in [-0.1, -0.05) is 6.07 Å². The molecule has 0 aliphatic heterocycles. The second kappa shape index (κ2) is 5.71. The monoisotopic (exact) mass is 320 g/mol. The van der Waals surface area contributed by atoms with Crippen LogP contribution in [0.25, 0.3) is 5.65 Å². The minimum atomic E-state index is -4.50. The number of aromatic nitrogens is 3. The molecule has 0 atom stereocenters. The summed E-state index contributed by atoms with van der Waals surface area (Å²) in [6.45, 7) is 0. The highest BCUT2D eigenvalue weighted by Crippen LogP contribution is 2.27. The van der Waals surface area contributed by atoms with Crippen LogP contribution in [-0.4, -0.2) is 20.3 Å². The van der Waals surface area contributed by atoms with Crippen molar-refractivity contribution in [1.29, 1.82) is 0 Å². The molecule has 3 aromatic heterocycles. The van der Waals surface area contributed by atoms with Gasteiger partial charge in [-0.3, -0.25) is 4.79 Å². The van der Waals surface area contributed by atoms with Gasteiger partial charge in [0.2, 0.25) is 5.91 Å². The fourth-order valence-electron chi connectivity index (χ4n) is 2.16. The van der Waals surface area contributed by atoms with Gasteiger partial charge in [-0.2, -0.15) is 13.2 Å². The Bertz CT molecular complexity index is 840. The number of pyridine rings is 2. The van der Waals surface area contributed by atoms with Gasteiger partial charge in [0.05, 0.1) is 18.3 Å². The first-order valence-electron chi connectivity index (χ1n) is 6.67. The Labute approximate surface area is 128 Å². The zero-order chi connectivity index (χ0) is 16.4. The number of hydrogen-bond donors (Lipinski definition) is 1. The molecule has 0 unspecified atom stereocenters. The molecule has 0 aliphatic rings. The number of rotatable bonds is 3. The molecule has 0 saturated carbocycles. The highest BCUT2D eigenvalue weighted by atomic mass is 19.4. The smallest absolute Gasteiger partial charge is 0.324 e. The first-order valence-corrected chi connectivity index (χ1v) is 6.67. The zero-order valence-corrected chi connectivity index (χ0v) is 11.7. The molecule has 8 heteroatoms. The predicted octanol–water partition coefficient (Wildman–Crippen LogP) is 2.93. The van der Waals surface area contributed by atoms with E-state index in [2.05, 4.69) is 15.3 Å². The molecule has 0 saturated heterocycles. The van der Waals surface area contributed by atoms with E-state index in [1.165, 1.54) is 6.07 Å². The number of fused-ring (bicyclic) bond motifs is 1. The zero-order valence-electron chi connectivity index (χ0n) is 11.7. The fourth-order valence-corrected chi connectivity index (χ4v) is 2.16. The lowest BCUT2D eigenvalue weighted by molar-refractivity contribution is -0.141. The SMILES string of the molecule is O=C(Cc1cccc2nccn12)Nc1ccc(C(F)(F)F)nc1. The topological polar surface area (TPSA) is 59.3 Å². The number of anilines is 1. The molecule has 5 nitrogen and oxygen atoms in total. The van der Waals surface area contributed by atoms with E-state index in [1.807, 2.05) is 0 Å². The fraction of sp³-hybridized carbons (Fsp3) is 0.133. The van der Waals surface area contributed by atoms with Gasteiger partial charge in [-0.25, -0.2) is 9.97 Å². The number of carbonyl (C=O) groups is 1. The maximum Gasteiger partial charge on any atom is 0.433 e. The van der Waals surface area contributed by atoms with Crippen molar-refractivity contribution in [3.05, 3.63) is 60.3 Å². The van der Waals surface area contributed by atoms with Crippen LogP contribution in [0, 0.1) is 0 Å². The van der Waals surface area contributed by atoms with Crippen LogP contribution in [-0.2, 0) is 17.4 Å². The number of hydrogen-bond acceptors (Lipinski definition) is 3. The lowest BCUT2D eigenvalue weighted by Crippen LogP contribution is -2.16. The van der Waals surface area contributed by atoms with Gasteiger partial charge in [-0.15, -0.1) is 0 Å². The Morgan fingerprint density at radius 2 is 2.00 bits per heavy atom. The van der Waals surface area contributed by atoms with Crippen molar-refractivity contribution >= 4 is 17.2 Å². The Morgan fingerprint density at radius 3 is 2.70 bits per heavy atom. The van der Waals surface area contributed by atoms with Crippen LogP contribution in [0.1, 0.15) is 11.4 Å². The van der Waals surface area contributed by atoms with Gasteiger partial charge < -0.3 is 9.72 Å². The van der Waals surface area contributed by atoms with E-state index >= 15 is 0 Å². The molecule has 1 amide bonds. The van der Waals surface area contributed by atoms with E-state index in [0.29, 0.717) is 5.65 Å². The molecule has 118 valence electrons. The summed E-state index contributed by atoms with van der Waals surface area (Å²) in [7, 11) is 0. The summed E-state index contributed by atoms with van der Waals surface area (Å²) in [5, 5.41) is 2.52. The molecule has 23 heavy (non-hydrogen) atoms. The molecule has 0 bridgehead atoms. The van der Waals surface area contributed by atoms with Crippen molar-refractivity contribution in [2.75, 3.05) is 5.32 Å². The van der Waals surface area contributed by atoms with Crippen molar-refractivity contribution in [3.8, 4) is 0 Å². The largest absolute Gasteiger partial charge is 0.433 e. The molecular formula is C15H11F3N4O. The van der Waals surface area contributed by atoms with Crippen LogP contribution in [0.2, 0.25) is 0 Å². The van der Waals surface area contributed by atoms with Gasteiger partial charge >= 0.3 is 6.18 Å². The van der Waals surface area contributed by atoms with Crippen molar-refractivity contribution in [3.63, 3.8) is 0 Å². The molecule has 0 aliphatic carbocycles. The molecule has 0 radical (unpaired) electrons. The second-order valence-electron chi connectivity index (χ2n) is 4.83. The standard InChI is InChI=1S/C15H11F3N4O/c16-15(17,18)12-5-4-10(9-20-12)21-14(23)8-11-2-1-3-13-19-6-7-22(11)13/h1-7,9H,8H2,(H,21,23). The number of halogens is 3. The number of carbonyl (C=O) groups excluding carboxylic acids is 1. The first kappa shape index (κ1) is 15.0. The normalized spacial score (nSPS) is 11.6. The molecular weight excluding hydrogens is 309 g/mol. The van der Waals surface area contributed by atoms with Crippen LogP contribution in [0.15, 0.2) is 48.9 Å². The number of imidazole rings is 1. The predicted molar refractivity (Wildman–Crippen MR) is 76.8 cm³/mol. The van der Waals surface area contributed by atoms with E-state index in [9.17, 15) is 18.0 Å². The Balaban J connectivity index is 1.71. The molecule has 3 aromatic rings. The molecule has 3 heterocycles. The highest BCUT2D eigenvalue weighted by Gasteiger charge is 2.32. The van der Waals surface area contributed by atoms with Crippen molar-refractivity contribution < 1.29 is 18.0 Å². The Kier molecular flexibility index (Phi) is 3.73. The van der Waals surface area contributed by atoms with Crippen LogP contribution < -0.4 is 5.32 Å². The summed E-state index contributed by atoms with van der Waals surface area (Å²) in [5.74, 6) is -0.354. The molecule has 1 N–H and O–H groups in total. The van der Waals surface area contributed by atoms with E-state index < -0.39 is 11.9 Å². The van der Waals surface area contributed by atoms with E-state index in [-0.39, 0.29) is 18.0 Å². The Hall–Kier alpha value is -2.90. The number of nitrogens with zero attached hydrogens (tertiary/aromatic N) is 3. The maximum atomic E-state index is 12.4. The van der Waals surface area contributed by atoms with Gasteiger partial charge in [0.1, 0.15) is 11.3 Å². The van der Waals surface area contributed by atoms with Gasteiger partial charge in [0.25, 0.3) is 0 Å². The second-order valence-corrected chi connectivity index (χ2v) is 4.83.